The molecule has 2 atom stereocenters. The van der Waals surface area contributed by atoms with Crippen LogP contribution in [-0.2, 0) is 9.53 Å². The number of hydrogen-bond acceptors (Lipinski definition) is 5. The average molecular weight is 332 g/mol. The monoisotopic (exact) mass is 332 g/mol. The minimum Gasteiger partial charge on any atom is -0.469 e. The summed E-state index contributed by atoms with van der Waals surface area (Å²) in [6, 6.07) is 5.21. The molecule has 3 rings (SSSR count). The summed E-state index contributed by atoms with van der Waals surface area (Å²) in [5.41, 5.74) is 0.873. The molecule has 7 heteroatoms. The molecule has 1 aromatic heterocycles. The Morgan fingerprint density at radius 1 is 1.33 bits per heavy atom. The zero-order valence-electron chi connectivity index (χ0n) is 13.3. The lowest BCUT2D eigenvalue weighted by Crippen LogP contribution is -2.24. The quantitative estimate of drug-likeness (QED) is 0.841. The number of anilines is 2. The fourth-order valence-corrected chi connectivity index (χ4v) is 2.60. The number of halogens is 1. The SMILES string of the molecule is Cc1occc1C(=O)Nc1cc(N[C@H]2C[C@H](C)OC2=O)ccc1F. The summed E-state index contributed by atoms with van der Waals surface area (Å²) in [4.78, 5) is 23.8. The molecule has 1 amide bonds. The van der Waals surface area contributed by atoms with Crippen LogP contribution in [-0.4, -0.2) is 24.0 Å². The number of furan rings is 1. The van der Waals surface area contributed by atoms with Gasteiger partial charge in [0.1, 0.15) is 23.7 Å². The van der Waals surface area contributed by atoms with E-state index in [1.165, 1.54) is 30.5 Å². The normalized spacial score (nSPS) is 19.9. The van der Waals surface area contributed by atoms with Gasteiger partial charge in [-0.05, 0) is 38.1 Å². The van der Waals surface area contributed by atoms with Crippen molar-refractivity contribution in [3.8, 4) is 0 Å². The van der Waals surface area contributed by atoms with E-state index in [2.05, 4.69) is 10.6 Å². The molecule has 0 aliphatic carbocycles. The highest BCUT2D eigenvalue weighted by molar-refractivity contribution is 6.05. The minimum absolute atomic E-state index is 0.0185. The second-order valence-electron chi connectivity index (χ2n) is 5.72. The Hall–Kier alpha value is -2.83. The van der Waals surface area contributed by atoms with Crippen LogP contribution in [0.1, 0.15) is 29.5 Å². The van der Waals surface area contributed by atoms with Gasteiger partial charge < -0.3 is 19.8 Å². The molecular formula is C17H17FN2O4. The van der Waals surface area contributed by atoms with E-state index in [1.807, 2.05) is 6.92 Å². The summed E-state index contributed by atoms with van der Waals surface area (Å²) in [6.07, 6.45) is 1.77. The van der Waals surface area contributed by atoms with Crippen LogP contribution in [0.15, 0.2) is 34.9 Å². The first-order chi connectivity index (χ1) is 11.4. The van der Waals surface area contributed by atoms with E-state index in [4.69, 9.17) is 9.15 Å². The van der Waals surface area contributed by atoms with Crippen LogP contribution in [0.3, 0.4) is 0 Å². The predicted octanol–water partition coefficient (Wildman–Crippen LogP) is 3.10. The van der Waals surface area contributed by atoms with Gasteiger partial charge in [0.05, 0.1) is 17.5 Å². The molecule has 0 saturated carbocycles. The molecule has 24 heavy (non-hydrogen) atoms. The fourth-order valence-electron chi connectivity index (χ4n) is 2.60. The number of nitrogens with one attached hydrogen (secondary N) is 2. The van der Waals surface area contributed by atoms with E-state index in [0.29, 0.717) is 23.4 Å². The summed E-state index contributed by atoms with van der Waals surface area (Å²) >= 11 is 0. The lowest BCUT2D eigenvalue weighted by molar-refractivity contribution is -0.141. The summed E-state index contributed by atoms with van der Waals surface area (Å²) in [5.74, 6) is -0.931. The Labute approximate surface area is 138 Å². The fraction of sp³-hybridized carbons (Fsp3) is 0.294. The Balaban J connectivity index is 1.75. The summed E-state index contributed by atoms with van der Waals surface area (Å²) in [6.45, 7) is 3.46. The minimum atomic E-state index is -0.572. The second kappa shape index (κ2) is 6.35. The van der Waals surface area contributed by atoms with E-state index in [9.17, 15) is 14.0 Å². The van der Waals surface area contributed by atoms with Gasteiger partial charge >= 0.3 is 5.97 Å². The largest absolute Gasteiger partial charge is 0.469 e. The molecule has 1 aliphatic heterocycles. The van der Waals surface area contributed by atoms with Gasteiger partial charge in [0.15, 0.2) is 0 Å². The van der Waals surface area contributed by atoms with E-state index >= 15 is 0 Å². The average Bonchev–Trinajstić information content (AvgIpc) is 3.08. The van der Waals surface area contributed by atoms with Crippen molar-refractivity contribution >= 4 is 23.3 Å². The van der Waals surface area contributed by atoms with Crippen molar-refractivity contribution in [2.75, 3.05) is 10.6 Å². The molecule has 0 spiro atoms. The van der Waals surface area contributed by atoms with Crippen molar-refractivity contribution in [3.05, 3.63) is 47.7 Å². The lowest BCUT2D eigenvalue weighted by atomic mass is 10.1. The molecular weight excluding hydrogens is 315 g/mol. The highest BCUT2D eigenvalue weighted by atomic mass is 19.1. The number of amides is 1. The molecule has 126 valence electrons. The van der Waals surface area contributed by atoms with Crippen molar-refractivity contribution in [1.29, 1.82) is 0 Å². The first kappa shape index (κ1) is 16.0. The molecule has 6 nitrogen and oxygen atoms in total. The van der Waals surface area contributed by atoms with Gasteiger partial charge in [0.25, 0.3) is 5.91 Å². The van der Waals surface area contributed by atoms with Crippen molar-refractivity contribution in [3.63, 3.8) is 0 Å². The number of esters is 1. The van der Waals surface area contributed by atoms with Gasteiger partial charge in [-0.1, -0.05) is 0 Å². The molecule has 1 saturated heterocycles. The van der Waals surface area contributed by atoms with Crippen LogP contribution >= 0.6 is 0 Å². The number of hydrogen-bond donors (Lipinski definition) is 2. The lowest BCUT2D eigenvalue weighted by Gasteiger charge is -2.13. The third-order valence-corrected chi connectivity index (χ3v) is 3.83. The smallest absolute Gasteiger partial charge is 0.328 e. The van der Waals surface area contributed by atoms with Gasteiger partial charge in [0, 0.05) is 12.1 Å². The highest BCUT2D eigenvalue weighted by Crippen LogP contribution is 2.24. The molecule has 2 N–H and O–H groups in total. The van der Waals surface area contributed by atoms with Gasteiger partial charge in [-0.2, -0.15) is 0 Å². The van der Waals surface area contributed by atoms with E-state index in [-0.39, 0.29) is 17.8 Å². The van der Waals surface area contributed by atoms with E-state index < -0.39 is 17.8 Å². The first-order valence-corrected chi connectivity index (χ1v) is 7.56. The number of ether oxygens (including phenoxy) is 1. The zero-order chi connectivity index (χ0) is 17.3. The number of cyclic esters (lactones) is 1. The van der Waals surface area contributed by atoms with E-state index in [0.717, 1.165) is 0 Å². The maximum Gasteiger partial charge on any atom is 0.328 e. The number of benzene rings is 1. The summed E-state index contributed by atoms with van der Waals surface area (Å²) in [7, 11) is 0. The Kier molecular flexibility index (Phi) is 4.24. The molecule has 1 fully saturated rings. The highest BCUT2D eigenvalue weighted by Gasteiger charge is 2.31. The van der Waals surface area contributed by atoms with Gasteiger partial charge in [0.2, 0.25) is 0 Å². The standard InChI is InChI=1S/C17H17FN2O4/c1-9-7-15(17(22)24-9)19-11-3-4-13(18)14(8-11)20-16(21)12-5-6-23-10(12)2/h3-6,8-9,15,19H,7H2,1-2H3,(H,20,21)/t9-,15-/m0/s1. The van der Waals surface area contributed by atoms with Crippen LogP contribution < -0.4 is 10.6 Å². The Bertz CT molecular complexity index is 787. The van der Waals surface area contributed by atoms with Crippen molar-refractivity contribution < 1.29 is 23.1 Å². The van der Waals surface area contributed by atoms with Crippen molar-refractivity contribution in [2.45, 2.75) is 32.4 Å². The number of rotatable bonds is 4. The van der Waals surface area contributed by atoms with Crippen LogP contribution in [0.5, 0.6) is 0 Å². The van der Waals surface area contributed by atoms with Crippen molar-refractivity contribution in [2.24, 2.45) is 0 Å². The third kappa shape index (κ3) is 3.24. The van der Waals surface area contributed by atoms with Crippen LogP contribution in [0, 0.1) is 12.7 Å². The number of carbonyl (C=O) groups is 2. The maximum absolute atomic E-state index is 14.0. The molecule has 0 bridgehead atoms. The second-order valence-corrected chi connectivity index (χ2v) is 5.72. The van der Waals surface area contributed by atoms with Crippen molar-refractivity contribution in [1.82, 2.24) is 0 Å². The maximum atomic E-state index is 14.0. The van der Waals surface area contributed by atoms with Gasteiger partial charge in [-0.25, -0.2) is 9.18 Å². The number of aryl methyl sites for hydroxylation is 1. The van der Waals surface area contributed by atoms with Gasteiger partial charge in [-0.15, -0.1) is 0 Å². The molecule has 1 aliphatic rings. The Morgan fingerprint density at radius 2 is 2.12 bits per heavy atom. The molecule has 2 aromatic rings. The zero-order valence-corrected chi connectivity index (χ0v) is 13.3. The van der Waals surface area contributed by atoms with Gasteiger partial charge in [-0.3, -0.25) is 4.79 Å². The van der Waals surface area contributed by atoms with E-state index in [1.54, 1.807) is 6.92 Å². The van der Waals surface area contributed by atoms with Crippen LogP contribution in [0.25, 0.3) is 0 Å². The molecule has 1 aromatic carbocycles. The molecule has 0 radical (unpaired) electrons. The Morgan fingerprint density at radius 3 is 2.75 bits per heavy atom. The molecule has 0 unspecified atom stereocenters. The molecule has 2 heterocycles. The van der Waals surface area contributed by atoms with Crippen LogP contribution in [0.2, 0.25) is 0 Å². The number of carbonyl (C=O) groups excluding carboxylic acids is 2. The topological polar surface area (TPSA) is 80.6 Å². The predicted molar refractivity (Wildman–Crippen MR) is 85.4 cm³/mol. The van der Waals surface area contributed by atoms with Crippen LogP contribution in [0.4, 0.5) is 15.8 Å². The first-order valence-electron chi connectivity index (χ1n) is 7.56. The third-order valence-electron chi connectivity index (χ3n) is 3.83. The summed E-state index contributed by atoms with van der Waals surface area (Å²) < 4.78 is 24.1. The summed E-state index contributed by atoms with van der Waals surface area (Å²) in [5, 5.41) is 5.51.